The molecule has 210 valence electrons. The Kier molecular flexibility index (Phi) is 6.20. The second kappa shape index (κ2) is 9.10. The number of nitrogens with two attached hydrogens (primary N) is 2. The fourth-order valence-electron chi connectivity index (χ4n) is 6.54. The number of anilines is 2. The van der Waals surface area contributed by atoms with E-state index in [-0.39, 0.29) is 29.7 Å². The summed E-state index contributed by atoms with van der Waals surface area (Å²) in [6.07, 6.45) is 0.184. The SMILES string of the molecule is CN(C)c1ccc(-c2cc(N)c(O)c3c2C[C@@H]2C[C@H]4C(N(C)C)C(O)=C(C(N)=O)C(=O)[C@@]4(O)C(O)=C2C3=O)cc1. The number of aliphatic hydroxyl groups excluding tert-OH is 2. The van der Waals surface area contributed by atoms with Crippen molar-refractivity contribution >= 4 is 28.8 Å². The Balaban J connectivity index is 1.72. The van der Waals surface area contributed by atoms with Crippen LogP contribution in [-0.2, 0) is 16.0 Å². The van der Waals surface area contributed by atoms with Crippen LogP contribution in [0.15, 0.2) is 53.0 Å². The first kappa shape index (κ1) is 27.2. The molecule has 2 aromatic rings. The maximum absolute atomic E-state index is 14.0. The standard InChI is InChI=1S/C29H32N4O7/c1-32(2)14-7-5-12(6-8-14)15-11-18(30)23(34)20-16(15)9-13-10-17-22(33(3)4)25(36)21(28(31)39)27(38)29(17,40)26(37)19(13)24(20)35/h5-8,11,13,17,22,34,36-37,40H,9-10,30H2,1-4H3,(H2,31,39)/t13-,17+,22?,29+/m1/s1. The van der Waals surface area contributed by atoms with Crippen LogP contribution in [0.1, 0.15) is 22.3 Å². The van der Waals surface area contributed by atoms with E-state index < -0.39 is 63.8 Å². The number of amides is 1. The van der Waals surface area contributed by atoms with E-state index in [1.165, 1.54) is 4.90 Å². The van der Waals surface area contributed by atoms with E-state index in [4.69, 9.17) is 11.5 Å². The molecule has 1 amide bonds. The first-order chi connectivity index (χ1) is 18.7. The molecule has 5 rings (SSSR count). The topological polar surface area (TPSA) is 191 Å². The predicted octanol–water partition coefficient (Wildman–Crippen LogP) is 1.44. The summed E-state index contributed by atoms with van der Waals surface area (Å²) in [6, 6.07) is 8.13. The molecule has 3 aliphatic carbocycles. The van der Waals surface area contributed by atoms with Gasteiger partial charge in [0.15, 0.2) is 11.4 Å². The molecule has 1 unspecified atom stereocenters. The number of nitrogen functional groups attached to an aromatic ring is 1. The van der Waals surface area contributed by atoms with Crippen molar-refractivity contribution in [2.24, 2.45) is 17.6 Å². The summed E-state index contributed by atoms with van der Waals surface area (Å²) in [4.78, 5) is 42.9. The van der Waals surface area contributed by atoms with Crippen LogP contribution in [0.4, 0.5) is 11.4 Å². The Morgan fingerprint density at radius 2 is 1.68 bits per heavy atom. The molecule has 0 aliphatic heterocycles. The third-order valence-corrected chi connectivity index (χ3v) is 8.45. The molecule has 2 aromatic carbocycles. The van der Waals surface area contributed by atoms with Gasteiger partial charge in [0.1, 0.15) is 22.8 Å². The molecular weight excluding hydrogens is 516 g/mol. The highest BCUT2D eigenvalue weighted by molar-refractivity contribution is 6.25. The molecule has 0 bridgehead atoms. The van der Waals surface area contributed by atoms with Gasteiger partial charge in [-0.3, -0.25) is 19.3 Å². The number of allylic oxidation sites excluding steroid dienone is 1. The van der Waals surface area contributed by atoms with Gasteiger partial charge in [-0.15, -0.1) is 0 Å². The average molecular weight is 549 g/mol. The zero-order valence-electron chi connectivity index (χ0n) is 22.6. The summed E-state index contributed by atoms with van der Waals surface area (Å²) in [6.45, 7) is 0. The third-order valence-electron chi connectivity index (χ3n) is 8.45. The number of ketones is 2. The number of benzene rings is 2. The molecule has 40 heavy (non-hydrogen) atoms. The number of phenols is 1. The summed E-state index contributed by atoms with van der Waals surface area (Å²) >= 11 is 0. The summed E-state index contributed by atoms with van der Waals surface area (Å²) in [5.74, 6) is -7.07. The van der Waals surface area contributed by atoms with Crippen molar-refractivity contribution < 1.29 is 34.8 Å². The number of carbonyl (C=O) groups is 3. The van der Waals surface area contributed by atoms with Crippen LogP contribution in [0.2, 0.25) is 0 Å². The Bertz CT molecular complexity index is 1540. The first-order valence-corrected chi connectivity index (χ1v) is 12.8. The van der Waals surface area contributed by atoms with Crippen molar-refractivity contribution in [2.75, 3.05) is 38.8 Å². The predicted molar refractivity (Wildman–Crippen MR) is 148 cm³/mol. The van der Waals surface area contributed by atoms with Crippen molar-refractivity contribution in [3.63, 3.8) is 0 Å². The minimum atomic E-state index is -2.69. The van der Waals surface area contributed by atoms with Crippen LogP contribution in [0.5, 0.6) is 5.75 Å². The smallest absolute Gasteiger partial charge is 0.255 e. The molecule has 3 aliphatic rings. The highest BCUT2D eigenvalue weighted by Crippen LogP contribution is 2.53. The molecule has 0 aromatic heterocycles. The van der Waals surface area contributed by atoms with Crippen LogP contribution < -0.4 is 16.4 Å². The molecule has 0 saturated heterocycles. The van der Waals surface area contributed by atoms with Crippen molar-refractivity contribution in [3.05, 3.63) is 64.1 Å². The van der Waals surface area contributed by atoms with E-state index in [9.17, 15) is 34.8 Å². The average Bonchev–Trinajstić information content (AvgIpc) is 2.88. The number of primary amides is 1. The molecule has 0 spiro atoms. The van der Waals surface area contributed by atoms with Gasteiger partial charge in [-0.1, -0.05) is 12.1 Å². The van der Waals surface area contributed by atoms with Crippen LogP contribution >= 0.6 is 0 Å². The van der Waals surface area contributed by atoms with Crippen LogP contribution in [0.25, 0.3) is 11.1 Å². The summed E-state index contributed by atoms with van der Waals surface area (Å²) in [5.41, 5.74) is 10.4. The Labute approximate surface area is 230 Å². The van der Waals surface area contributed by atoms with Gasteiger partial charge in [-0.05, 0) is 67.7 Å². The monoisotopic (exact) mass is 548 g/mol. The number of hydrogen-bond donors (Lipinski definition) is 6. The van der Waals surface area contributed by atoms with Gasteiger partial charge in [0.25, 0.3) is 5.91 Å². The van der Waals surface area contributed by atoms with Crippen molar-refractivity contribution in [3.8, 4) is 16.9 Å². The number of nitrogens with zero attached hydrogens (tertiary/aromatic N) is 2. The number of hydrogen-bond acceptors (Lipinski definition) is 10. The molecule has 0 radical (unpaired) electrons. The maximum Gasteiger partial charge on any atom is 0.255 e. The number of aliphatic hydroxyl groups is 3. The van der Waals surface area contributed by atoms with E-state index in [0.29, 0.717) is 11.1 Å². The van der Waals surface area contributed by atoms with E-state index in [1.54, 1.807) is 20.2 Å². The van der Waals surface area contributed by atoms with E-state index >= 15 is 0 Å². The lowest BCUT2D eigenvalue weighted by Crippen LogP contribution is -2.63. The maximum atomic E-state index is 14.0. The van der Waals surface area contributed by atoms with Gasteiger partial charge in [0.05, 0.1) is 17.3 Å². The number of likely N-dealkylation sites (N-methyl/N-ethyl adjacent to an activating group) is 1. The molecule has 0 heterocycles. The van der Waals surface area contributed by atoms with Gasteiger partial charge in [0.2, 0.25) is 5.78 Å². The third kappa shape index (κ3) is 3.61. The number of Topliss-reactive ketones (excluding diaryl/α,β-unsaturated/α-hetero) is 2. The lowest BCUT2D eigenvalue weighted by atomic mass is 9.58. The summed E-state index contributed by atoms with van der Waals surface area (Å²) in [7, 11) is 7.00. The number of phenolic OH excluding ortho intramolecular Hbond substituents is 1. The van der Waals surface area contributed by atoms with Crippen LogP contribution in [0.3, 0.4) is 0 Å². The second-order valence-corrected chi connectivity index (χ2v) is 11.1. The Morgan fingerprint density at radius 3 is 2.23 bits per heavy atom. The minimum Gasteiger partial charge on any atom is -0.510 e. The number of fused-ring (bicyclic) bond motifs is 3. The summed E-state index contributed by atoms with van der Waals surface area (Å²) < 4.78 is 0. The quantitative estimate of drug-likeness (QED) is 0.185. The van der Waals surface area contributed by atoms with Gasteiger partial charge < -0.3 is 36.8 Å². The molecule has 8 N–H and O–H groups in total. The molecule has 0 fully saturated rings. The van der Waals surface area contributed by atoms with E-state index in [2.05, 4.69) is 0 Å². The zero-order valence-corrected chi connectivity index (χ0v) is 22.6. The number of carbonyl (C=O) groups excluding carboxylic acids is 3. The van der Waals surface area contributed by atoms with Gasteiger partial charge in [-0.25, -0.2) is 0 Å². The Hall–Kier alpha value is -4.35. The molecule has 11 heteroatoms. The normalized spacial score (nSPS) is 26.0. The largest absolute Gasteiger partial charge is 0.510 e. The van der Waals surface area contributed by atoms with Crippen molar-refractivity contribution in [1.82, 2.24) is 4.90 Å². The van der Waals surface area contributed by atoms with E-state index in [1.807, 2.05) is 43.3 Å². The lowest BCUT2D eigenvalue weighted by molar-refractivity contribution is -0.148. The highest BCUT2D eigenvalue weighted by Gasteiger charge is 2.63. The number of aromatic hydroxyl groups is 1. The zero-order chi connectivity index (χ0) is 29.4. The lowest BCUT2D eigenvalue weighted by Gasteiger charge is -2.50. The fourth-order valence-corrected chi connectivity index (χ4v) is 6.54. The fraction of sp³-hybridized carbons (Fsp3) is 0.345. The van der Waals surface area contributed by atoms with Gasteiger partial charge in [-0.2, -0.15) is 0 Å². The van der Waals surface area contributed by atoms with Gasteiger partial charge in [0, 0.05) is 31.3 Å². The van der Waals surface area contributed by atoms with Crippen LogP contribution in [0, 0.1) is 11.8 Å². The minimum absolute atomic E-state index is 0.00983. The molecular formula is C29H32N4O7. The summed E-state index contributed by atoms with van der Waals surface area (Å²) in [5, 5.41) is 45.0. The molecule has 4 atom stereocenters. The van der Waals surface area contributed by atoms with Gasteiger partial charge >= 0.3 is 0 Å². The van der Waals surface area contributed by atoms with Crippen LogP contribution in [-0.4, -0.2) is 82.6 Å². The van der Waals surface area contributed by atoms with E-state index in [0.717, 1.165) is 11.3 Å². The van der Waals surface area contributed by atoms with Crippen molar-refractivity contribution in [2.45, 2.75) is 24.5 Å². The molecule has 0 saturated carbocycles. The van der Waals surface area contributed by atoms with Crippen molar-refractivity contribution in [1.29, 1.82) is 0 Å². The first-order valence-electron chi connectivity index (χ1n) is 12.8. The highest BCUT2D eigenvalue weighted by atomic mass is 16.3. The molecule has 11 nitrogen and oxygen atoms in total. The number of rotatable bonds is 4. The Morgan fingerprint density at radius 1 is 1.05 bits per heavy atom. The second-order valence-electron chi connectivity index (χ2n) is 11.1.